The van der Waals surface area contributed by atoms with E-state index >= 15 is 0 Å². The van der Waals surface area contributed by atoms with Crippen molar-refractivity contribution in [3.05, 3.63) is 87.4 Å². The van der Waals surface area contributed by atoms with Gasteiger partial charge in [0.2, 0.25) is 0 Å². The van der Waals surface area contributed by atoms with Crippen LogP contribution in [0.2, 0.25) is 0 Å². The first kappa shape index (κ1) is 25.1. The zero-order valence-electron chi connectivity index (χ0n) is 18.1. The zero-order valence-corrected chi connectivity index (χ0v) is 20.5. The molecule has 0 unspecified atom stereocenters. The van der Waals surface area contributed by atoms with E-state index in [4.69, 9.17) is 14.2 Å². The predicted molar refractivity (Wildman–Crippen MR) is 132 cm³/mol. The molecule has 1 N–H and O–H groups in total. The highest BCUT2D eigenvalue weighted by Crippen LogP contribution is 2.28. The number of hydrogen-bond acceptors (Lipinski definition) is 4. The summed E-state index contributed by atoms with van der Waals surface area (Å²) in [5.41, 5.74) is 4.74. The Bertz CT molecular complexity index is 963. The number of hydrogen-bond donors (Lipinski definition) is 1. The van der Waals surface area contributed by atoms with Crippen LogP contribution in [0.1, 0.15) is 22.3 Å². The van der Waals surface area contributed by atoms with E-state index in [-0.39, 0.29) is 12.4 Å². The standard InChI is InChI=1S/C25H28BrNO3.ClH/c1-18-4-6-20(7-5-18)17-30-23-11-9-22(26)15-21(23)16-27-13-12-19-8-10-24(28-2)25(14-19)29-3;/h4-11,14-15,27H,12-13,16-17H2,1-3H3;1H. The topological polar surface area (TPSA) is 39.7 Å². The van der Waals surface area contributed by atoms with E-state index in [0.29, 0.717) is 6.61 Å². The molecule has 0 saturated carbocycles. The van der Waals surface area contributed by atoms with Gasteiger partial charge in [-0.3, -0.25) is 0 Å². The van der Waals surface area contributed by atoms with Gasteiger partial charge in [0.15, 0.2) is 11.5 Å². The molecule has 0 fully saturated rings. The summed E-state index contributed by atoms with van der Waals surface area (Å²) in [6, 6.07) is 20.6. The number of ether oxygens (including phenoxy) is 3. The first-order valence-electron chi connectivity index (χ1n) is 9.97. The molecule has 0 spiro atoms. The molecule has 3 rings (SSSR count). The van der Waals surface area contributed by atoms with Crippen LogP contribution in [0, 0.1) is 6.92 Å². The predicted octanol–water partition coefficient (Wildman–Crippen LogP) is 6.11. The van der Waals surface area contributed by atoms with E-state index in [1.807, 2.05) is 24.3 Å². The Morgan fingerprint density at radius 3 is 2.19 bits per heavy atom. The second-order valence-electron chi connectivity index (χ2n) is 7.14. The van der Waals surface area contributed by atoms with Crippen LogP contribution >= 0.6 is 28.3 Å². The molecule has 0 bridgehead atoms. The number of halogens is 2. The maximum atomic E-state index is 6.10. The van der Waals surface area contributed by atoms with Crippen molar-refractivity contribution in [1.29, 1.82) is 0 Å². The third-order valence-electron chi connectivity index (χ3n) is 4.89. The molecule has 0 heterocycles. The molecular weight excluding hydrogens is 478 g/mol. The molecule has 3 aromatic carbocycles. The Kier molecular flexibility index (Phi) is 10.2. The van der Waals surface area contributed by atoms with Gasteiger partial charge in [0.1, 0.15) is 12.4 Å². The second-order valence-corrected chi connectivity index (χ2v) is 8.06. The summed E-state index contributed by atoms with van der Waals surface area (Å²) in [5.74, 6) is 2.41. The van der Waals surface area contributed by atoms with Crippen molar-refractivity contribution in [1.82, 2.24) is 5.32 Å². The highest BCUT2D eigenvalue weighted by molar-refractivity contribution is 9.10. The molecule has 0 amide bonds. The second kappa shape index (κ2) is 12.6. The van der Waals surface area contributed by atoms with Gasteiger partial charge in [0.05, 0.1) is 14.2 Å². The summed E-state index contributed by atoms with van der Waals surface area (Å²) in [6.07, 6.45) is 0.897. The molecule has 0 aromatic heterocycles. The normalized spacial score (nSPS) is 10.3. The third kappa shape index (κ3) is 7.46. The minimum Gasteiger partial charge on any atom is -0.493 e. The Balaban J connectivity index is 0.00000341. The lowest BCUT2D eigenvalue weighted by atomic mass is 10.1. The van der Waals surface area contributed by atoms with Crippen molar-refractivity contribution >= 4 is 28.3 Å². The average Bonchev–Trinajstić information content (AvgIpc) is 2.77. The summed E-state index contributed by atoms with van der Waals surface area (Å²) in [7, 11) is 3.31. The minimum absolute atomic E-state index is 0. The maximum Gasteiger partial charge on any atom is 0.160 e. The number of nitrogens with one attached hydrogen (secondary N) is 1. The monoisotopic (exact) mass is 505 g/mol. The molecule has 0 radical (unpaired) electrons. The number of aryl methyl sites for hydroxylation is 1. The van der Waals surface area contributed by atoms with Gasteiger partial charge in [-0.1, -0.05) is 51.8 Å². The van der Waals surface area contributed by atoms with E-state index in [2.05, 4.69) is 64.6 Å². The van der Waals surface area contributed by atoms with Crippen molar-refractivity contribution in [3.8, 4) is 17.2 Å². The molecule has 166 valence electrons. The van der Waals surface area contributed by atoms with Gasteiger partial charge in [-0.2, -0.15) is 0 Å². The smallest absolute Gasteiger partial charge is 0.160 e. The lowest BCUT2D eigenvalue weighted by Gasteiger charge is -2.14. The summed E-state index contributed by atoms with van der Waals surface area (Å²) < 4.78 is 17.8. The van der Waals surface area contributed by atoms with Crippen LogP contribution < -0.4 is 19.5 Å². The van der Waals surface area contributed by atoms with Crippen molar-refractivity contribution < 1.29 is 14.2 Å². The van der Waals surface area contributed by atoms with E-state index in [9.17, 15) is 0 Å². The number of benzene rings is 3. The first-order valence-corrected chi connectivity index (χ1v) is 10.8. The lowest BCUT2D eigenvalue weighted by Crippen LogP contribution is -2.17. The van der Waals surface area contributed by atoms with Crippen LogP contribution in [-0.4, -0.2) is 20.8 Å². The fourth-order valence-electron chi connectivity index (χ4n) is 3.16. The Morgan fingerprint density at radius 2 is 1.48 bits per heavy atom. The summed E-state index contributed by atoms with van der Waals surface area (Å²) >= 11 is 3.57. The highest BCUT2D eigenvalue weighted by atomic mass is 79.9. The number of rotatable bonds is 10. The van der Waals surface area contributed by atoms with E-state index in [0.717, 1.165) is 52.4 Å². The molecule has 0 atom stereocenters. The lowest BCUT2D eigenvalue weighted by molar-refractivity contribution is 0.302. The molecule has 4 nitrogen and oxygen atoms in total. The third-order valence-corrected chi connectivity index (χ3v) is 5.38. The van der Waals surface area contributed by atoms with Crippen molar-refractivity contribution in [2.24, 2.45) is 0 Å². The fraction of sp³-hybridized carbons (Fsp3) is 0.280. The van der Waals surface area contributed by atoms with Crippen LogP contribution in [-0.2, 0) is 19.6 Å². The van der Waals surface area contributed by atoms with Gasteiger partial charge in [0, 0.05) is 16.6 Å². The van der Waals surface area contributed by atoms with Gasteiger partial charge in [-0.05, 0) is 61.3 Å². The van der Waals surface area contributed by atoms with Gasteiger partial charge >= 0.3 is 0 Å². The van der Waals surface area contributed by atoms with Crippen LogP contribution in [0.15, 0.2) is 65.1 Å². The Morgan fingerprint density at radius 1 is 0.806 bits per heavy atom. The molecule has 6 heteroatoms. The van der Waals surface area contributed by atoms with Crippen molar-refractivity contribution in [3.63, 3.8) is 0 Å². The minimum atomic E-state index is 0. The summed E-state index contributed by atoms with van der Waals surface area (Å²) in [4.78, 5) is 0. The largest absolute Gasteiger partial charge is 0.493 e. The van der Waals surface area contributed by atoms with Crippen LogP contribution in [0.3, 0.4) is 0 Å². The fourth-order valence-corrected chi connectivity index (χ4v) is 3.57. The molecule has 0 aliphatic heterocycles. The molecular formula is C25H29BrClNO3. The van der Waals surface area contributed by atoms with E-state index in [1.54, 1.807) is 14.2 Å². The van der Waals surface area contributed by atoms with Crippen LogP contribution in [0.5, 0.6) is 17.2 Å². The number of methoxy groups -OCH3 is 2. The van der Waals surface area contributed by atoms with Gasteiger partial charge in [-0.25, -0.2) is 0 Å². The van der Waals surface area contributed by atoms with E-state index in [1.165, 1.54) is 11.1 Å². The molecule has 0 saturated heterocycles. The van der Waals surface area contributed by atoms with Crippen LogP contribution in [0.25, 0.3) is 0 Å². The molecule has 0 aliphatic carbocycles. The molecule has 0 aliphatic rings. The highest BCUT2D eigenvalue weighted by Gasteiger charge is 2.07. The molecule has 3 aromatic rings. The first-order chi connectivity index (χ1) is 14.6. The maximum absolute atomic E-state index is 6.10. The SMILES string of the molecule is COc1ccc(CCNCc2cc(Br)ccc2OCc2ccc(C)cc2)cc1OC.Cl. The van der Waals surface area contributed by atoms with Crippen molar-refractivity contribution in [2.75, 3.05) is 20.8 Å². The zero-order chi connectivity index (χ0) is 21.3. The molecule has 31 heavy (non-hydrogen) atoms. The Hall–Kier alpha value is -2.21. The van der Waals surface area contributed by atoms with Gasteiger partial charge in [0.25, 0.3) is 0 Å². The van der Waals surface area contributed by atoms with E-state index < -0.39 is 0 Å². The summed E-state index contributed by atoms with van der Waals surface area (Å²) in [6.45, 7) is 4.22. The summed E-state index contributed by atoms with van der Waals surface area (Å²) in [5, 5.41) is 3.52. The average molecular weight is 507 g/mol. The van der Waals surface area contributed by atoms with Crippen molar-refractivity contribution in [2.45, 2.75) is 26.5 Å². The van der Waals surface area contributed by atoms with Gasteiger partial charge < -0.3 is 19.5 Å². The van der Waals surface area contributed by atoms with Crippen LogP contribution in [0.4, 0.5) is 0 Å². The quantitative estimate of drug-likeness (QED) is 0.337. The Labute approximate surface area is 199 Å². The van der Waals surface area contributed by atoms with Gasteiger partial charge in [-0.15, -0.1) is 12.4 Å².